The zero-order chi connectivity index (χ0) is 16.3. The van der Waals surface area contributed by atoms with Crippen LogP contribution in [0.3, 0.4) is 0 Å². The highest BCUT2D eigenvalue weighted by molar-refractivity contribution is 5.66. The van der Waals surface area contributed by atoms with Gasteiger partial charge in [-0.15, -0.1) is 0 Å². The lowest BCUT2D eigenvalue weighted by Gasteiger charge is -1.96. The lowest BCUT2D eigenvalue weighted by molar-refractivity contribution is -0.137. The van der Waals surface area contributed by atoms with Crippen LogP contribution in [-0.4, -0.2) is 11.1 Å². The molecule has 0 aliphatic carbocycles. The minimum Gasteiger partial charge on any atom is -0.481 e. The average molecular weight is 306 g/mol. The summed E-state index contributed by atoms with van der Waals surface area (Å²) in [6.07, 6.45) is 26.3. The molecule has 0 aromatic heterocycles. The van der Waals surface area contributed by atoms with Gasteiger partial charge in [0.05, 0.1) is 0 Å². The molecule has 0 spiro atoms. The third kappa shape index (κ3) is 18.7. The number of carboxylic acids is 1. The van der Waals surface area contributed by atoms with E-state index in [9.17, 15) is 4.79 Å². The molecule has 0 fully saturated rings. The first-order valence-electron chi connectivity index (χ1n) is 8.95. The number of hydrogen-bond acceptors (Lipinski definition) is 1. The first-order chi connectivity index (χ1) is 10.8. The molecule has 2 heteroatoms. The molecule has 126 valence electrons. The Bertz CT molecular complexity index is 327. The molecule has 1 N–H and O–H groups in total. The molecule has 0 aliphatic heterocycles. The molecule has 0 bridgehead atoms. The van der Waals surface area contributed by atoms with Gasteiger partial charge < -0.3 is 5.11 Å². The Morgan fingerprint density at radius 1 is 0.727 bits per heavy atom. The molecular weight excluding hydrogens is 272 g/mol. The van der Waals surface area contributed by atoms with E-state index in [0.717, 1.165) is 44.9 Å². The smallest absolute Gasteiger partial charge is 0.303 e. The fourth-order valence-corrected chi connectivity index (χ4v) is 2.18. The summed E-state index contributed by atoms with van der Waals surface area (Å²) in [5.74, 6) is -0.680. The van der Waals surface area contributed by atoms with Crippen molar-refractivity contribution in [1.82, 2.24) is 0 Å². The second-order valence-corrected chi connectivity index (χ2v) is 5.75. The average Bonchev–Trinajstić information content (AvgIpc) is 2.50. The van der Waals surface area contributed by atoms with Gasteiger partial charge in [0.2, 0.25) is 0 Å². The van der Waals surface area contributed by atoms with E-state index >= 15 is 0 Å². The van der Waals surface area contributed by atoms with Crippen molar-refractivity contribution in [2.24, 2.45) is 0 Å². The number of carbonyl (C=O) groups is 1. The van der Waals surface area contributed by atoms with E-state index in [0.29, 0.717) is 6.42 Å². The van der Waals surface area contributed by atoms with Crippen LogP contribution in [0.1, 0.15) is 84.0 Å². The van der Waals surface area contributed by atoms with E-state index in [1.165, 1.54) is 25.7 Å². The van der Waals surface area contributed by atoms with Gasteiger partial charge in [0.15, 0.2) is 0 Å². The zero-order valence-electron chi connectivity index (χ0n) is 14.3. The molecule has 0 saturated carbocycles. The van der Waals surface area contributed by atoms with E-state index in [-0.39, 0.29) is 0 Å². The Hall–Kier alpha value is -1.31. The van der Waals surface area contributed by atoms with Crippen LogP contribution in [0.25, 0.3) is 0 Å². The van der Waals surface area contributed by atoms with Gasteiger partial charge in [-0.3, -0.25) is 4.79 Å². The number of hydrogen-bond donors (Lipinski definition) is 1. The first kappa shape index (κ1) is 20.7. The van der Waals surface area contributed by atoms with Gasteiger partial charge in [-0.1, -0.05) is 69.1 Å². The van der Waals surface area contributed by atoms with Crippen molar-refractivity contribution in [2.75, 3.05) is 0 Å². The summed E-state index contributed by atoms with van der Waals surface area (Å²) in [6.45, 7) is 2.24. The summed E-state index contributed by atoms with van der Waals surface area (Å²) in [5.41, 5.74) is 0. The molecule has 22 heavy (non-hydrogen) atoms. The highest BCUT2D eigenvalue weighted by Crippen LogP contribution is 2.06. The Morgan fingerprint density at radius 2 is 1.27 bits per heavy atom. The Kier molecular flexibility index (Phi) is 16.7. The molecule has 0 aromatic carbocycles. The highest BCUT2D eigenvalue weighted by atomic mass is 16.4. The van der Waals surface area contributed by atoms with Crippen LogP contribution < -0.4 is 0 Å². The zero-order valence-corrected chi connectivity index (χ0v) is 14.3. The van der Waals surface area contributed by atoms with Gasteiger partial charge in [0, 0.05) is 6.42 Å². The van der Waals surface area contributed by atoms with E-state index in [2.05, 4.69) is 43.4 Å². The van der Waals surface area contributed by atoms with Crippen LogP contribution in [0.15, 0.2) is 36.5 Å². The monoisotopic (exact) mass is 306 g/mol. The molecule has 0 rings (SSSR count). The summed E-state index contributed by atoms with van der Waals surface area (Å²) in [6, 6.07) is 0. The summed E-state index contributed by atoms with van der Waals surface area (Å²) >= 11 is 0. The second kappa shape index (κ2) is 17.7. The number of unbranched alkanes of at least 4 members (excludes halogenated alkanes) is 8. The van der Waals surface area contributed by atoms with Crippen molar-refractivity contribution in [3.63, 3.8) is 0 Å². The van der Waals surface area contributed by atoms with Crippen molar-refractivity contribution in [1.29, 1.82) is 0 Å². The number of rotatable bonds is 15. The normalized spacial score (nSPS) is 12.0. The summed E-state index contributed by atoms with van der Waals surface area (Å²) in [5, 5.41) is 8.52. The summed E-state index contributed by atoms with van der Waals surface area (Å²) in [4.78, 5) is 10.3. The van der Waals surface area contributed by atoms with Crippen LogP contribution in [0.5, 0.6) is 0 Å². The van der Waals surface area contributed by atoms with Crippen molar-refractivity contribution in [3.05, 3.63) is 36.5 Å². The van der Waals surface area contributed by atoms with Crippen molar-refractivity contribution < 1.29 is 9.90 Å². The summed E-state index contributed by atoms with van der Waals surface area (Å²) in [7, 11) is 0. The standard InChI is InChI=1S/C20H34O2/c1-2-3-4-5-6-7-8-9-10-11-12-13-14-15-16-17-18-19-20(21)22/h6-7,10-13H,2-5,8-9,14-19H2,1H3,(H,21,22). The molecule has 0 aliphatic rings. The quantitative estimate of drug-likeness (QED) is 0.215. The van der Waals surface area contributed by atoms with Gasteiger partial charge in [0.25, 0.3) is 0 Å². The van der Waals surface area contributed by atoms with Gasteiger partial charge in [-0.25, -0.2) is 0 Å². The number of aliphatic carboxylic acids is 1. The van der Waals surface area contributed by atoms with Crippen LogP contribution in [0.4, 0.5) is 0 Å². The van der Waals surface area contributed by atoms with Crippen LogP contribution in [0, 0.1) is 0 Å². The maximum Gasteiger partial charge on any atom is 0.303 e. The largest absolute Gasteiger partial charge is 0.481 e. The first-order valence-corrected chi connectivity index (χ1v) is 8.95. The molecule has 0 radical (unpaired) electrons. The minimum atomic E-state index is -0.680. The van der Waals surface area contributed by atoms with E-state index < -0.39 is 5.97 Å². The van der Waals surface area contributed by atoms with E-state index in [4.69, 9.17) is 5.11 Å². The molecule has 0 atom stereocenters. The topological polar surface area (TPSA) is 37.3 Å². The molecule has 0 aromatic rings. The Morgan fingerprint density at radius 3 is 2.00 bits per heavy atom. The van der Waals surface area contributed by atoms with E-state index in [1.807, 2.05) is 0 Å². The lowest BCUT2D eigenvalue weighted by atomic mass is 10.1. The Balaban J connectivity index is 3.29. The number of carboxylic acid groups (broad SMARTS) is 1. The highest BCUT2D eigenvalue weighted by Gasteiger charge is 1.95. The minimum absolute atomic E-state index is 0.311. The number of allylic oxidation sites excluding steroid dienone is 6. The van der Waals surface area contributed by atoms with Crippen LogP contribution >= 0.6 is 0 Å². The predicted molar refractivity (Wildman–Crippen MR) is 96.1 cm³/mol. The summed E-state index contributed by atoms with van der Waals surface area (Å²) < 4.78 is 0. The maximum absolute atomic E-state index is 10.3. The van der Waals surface area contributed by atoms with Crippen LogP contribution in [0.2, 0.25) is 0 Å². The maximum atomic E-state index is 10.3. The molecule has 0 amide bonds. The van der Waals surface area contributed by atoms with Gasteiger partial charge in [0.1, 0.15) is 0 Å². The SMILES string of the molecule is CCCCCC=CCCC=CC=CCCCCCCC(=O)O. The van der Waals surface area contributed by atoms with Crippen molar-refractivity contribution >= 4 is 5.97 Å². The van der Waals surface area contributed by atoms with Crippen molar-refractivity contribution in [3.8, 4) is 0 Å². The lowest BCUT2D eigenvalue weighted by Crippen LogP contribution is -1.93. The molecular formula is C20H34O2. The molecule has 0 heterocycles. The van der Waals surface area contributed by atoms with Crippen LogP contribution in [-0.2, 0) is 4.79 Å². The van der Waals surface area contributed by atoms with Crippen molar-refractivity contribution in [2.45, 2.75) is 84.0 Å². The molecule has 0 unspecified atom stereocenters. The predicted octanol–water partition coefficient (Wildman–Crippen LogP) is 6.44. The Labute approximate surface area is 137 Å². The second-order valence-electron chi connectivity index (χ2n) is 5.75. The molecule has 0 saturated heterocycles. The third-order valence-electron chi connectivity index (χ3n) is 3.54. The van der Waals surface area contributed by atoms with Gasteiger partial charge in [-0.05, 0) is 44.9 Å². The van der Waals surface area contributed by atoms with E-state index in [1.54, 1.807) is 0 Å². The fraction of sp³-hybridized carbons (Fsp3) is 0.650. The van der Waals surface area contributed by atoms with Gasteiger partial charge >= 0.3 is 5.97 Å². The molecule has 2 nitrogen and oxygen atoms in total. The van der Waals surface area contributed by atoms with Gasteiger partial charge in [-0.2, -0.15) is 0 Å². The third-order valence-corrected chi connectivity index (χ3v) is 3.54. The fourth-order valence-electron chi connectivity index (χ4n) is 2.18.